The molecule has 1 saturated heterocycles. The van der Waals surface area contributed by atoms with Crippen LogP contribution >= 0.6 is 0 Å². The maximum atomic E-state index is 15.0. The van der Waals surface area contributed by atoms with Gasteiger partial charge in [-0.05, 0) is 70.5 Å². The van der Waals surface area contributed by atoms with Crippen LogP contribution in [-0.4, -0.2) is 86.1 Å². The molecule has 1 aliphatic heterocycles. The van der Waals surface area contributed by atoms with Crippen LogP contribution in [0, 0.1) is 5.82 Å². The van der Waals surface area contributed by atoms with E-state index in [2.05, 4.69) is 47.6 Å². The third kappa shape index (κ3) is 7.20. The smallest absolute Gasteiger partial charge is 0.256 e. The predicted octanol–water partition coefficient (Wildman–Crippen LogP) is 5.19. The van der Waals surface area contributed by atoms with Crippen molar-refractivity contribution in [2.24, 2.45) is 0 Å². The molecule has 3 aliphatic rings. The average Bonchev–Trinajstić information content (AvgIpc) is 3.82. The zero-order valence-corrected chi connectivity index (χ0v) is 26.8. The van der Waals surface area contributed by atoms with Crippen LogP contribution in [0.2, 0.25) is 0 Å². The number of pyridine rings is 2. The van der Waals surface area contributed by atoms with Crippen LogP contribution in [0.3, 0.4) is 0 Å². The third-order valence-electron chi connectivity index (χ3n) is 8.92. The summed E-state index contributed by atoms with van der Waals surface area (Å²) in [5.41, 5.74) is 2.45. The fraction of sp³-hybridized carbons (Fsp3) is 0.469. The highest BCUT2D eigenvalue weighted by atomic mass is 32.2. The highest BCUT2D eigenvalue weighted by molar-refractivity contribution is 7.90. The van der Waals surface area contributed by atoms with Crippen LogP contribution in [0.25, 0.3) is 22.6 Å². The molecule has 0 spiro atoms. The van der Waals surface area contributed by atoms with Crippen molar-refractivity contribution in [3.63, 3.8) is 0 Å². The standard InChI is InChI=1S/C32H37F2N9O3S/c1-42-12-10-23(11-13-42)46-24-6-9-28(35-16-24)26-17-36-30(14-29(26)39-22-4-2-21(33)3-5-22)40-32-27(34)18-37-31(41-32)20-15-38-43(19-20)47(44,45)25-7-8-25/h6,9,14-19,21-23,25H,2-5,7-8,10-13H2,1H3,(H2,36,37,39,40,41). The first-order valence-corrected chi connectivity index (χ1v) is 17.5. The number of alkyl halides is 1. The Balaban J connectivity index is 1.13. The molecule has 4 aromatic rings. The van der Waals surface area contributed by atoms with E-state index in [1.165, 1.54) is 12.4 Å². The summed E-state index contributed by atoms with van der Waals surface area (Å²) < 4.78 is 61.1. The van der Waals surface area contributed by atoms with Crippen LogP contribution in [-0.2, 0) is 10.0 Å². The number of hydrogen-bond donors (Lipinski definition) is 2. The van der Waals surface area contributed by atoms with Crippen molar-refractivity contribution in [1.29, 1.82) is 0 Å². The Morgan fingerprint density at radius 2 is 1.72 bits per heavy atom. The van der Waals surface area contributed by atoms with Gasteiger partial charge in [-0.2, -0.15) is 9.19 Å². The highest BCUT2D eigenvalue weighted by Gasteiger charge is 2.37. The number of nitrogens with one attached hydrogen (secondary N) is 2. The summed E-state index contributed by atoms with van der Waals surface area (Å²) in [6.45, 7) is 1.99. The van der Waals surface area contributed by atoms with Crippen molar-refractivity contribution < 1.29 is 21.9 Å². The van der Waals surface area contributed by atoms with E-state index in [0.717, 1.165) is 41.8 Å². The molecule has 7 rings (SSSR count). The van der Waals surface area contributed by atoms with E-state index >= 15 is 0 Å². The molecule has 0 unspecified atom stereocenters. The van der Waals surface area contributed by atoms with E-state index < -0.39 is 27.3 Å². The lowest BCUT2D eigenvalue weighted by Gasteiger charge is -2.29. The average molecular weight is 666 g/mol. The molecule has 248 valence electrons. The Labute approximate surface area is 272 Å². The van der Waals surface area contributed by atoms with Gasteiger partial charge in [0.15, 0.2) is 17.5 Å². The number of aromatic nitrogens is 6. The van der Waals surface area contributed by atoms with Gasteiger partial charge in [0.05, 0.1) is 41.3 Å². The Morgan fingerprint density at radius 1 is 0.936 bits per heavy atom. The summed E-state index contributed by atoms with van der Waals surface area (Å²) in [5, 5.41) is 10.0. The first-order valence-electron chi connectivity index (χ1n) is 16.0. The molecule has 12 nitrogen and oxygen atoms in total. The Hall–Kier alpha value is -4.24. The molecule has 2 saturated carbocycles. The minimum Gasteiger partial charge on any atom is -0.489 e. The van der Waals surface area contributed by atoms with E-state index in [1.54, 1.807) is 18.5 Å². The number of hydrogen-bond acceptors (Lipinski definition) is 11. The lowest BCUT2D eigenvalue weighted by molar-refractivity contribution is 0.114. The second kappa shape index (κ2) is 13.1. The van der Waals surface area contributed by atoms with Gasteiger partial charge in [0.25, 0.3) is 10.0 Å². The Kier molecular flexibility index (Phi) is 8.75. The Morgan fingerprint density at radius 3 is 2.45 bits per heavy atom. The van der Waals surface area contributed by atoms with E-state index in [9.17, 15) is 17.2 Å². The van der Waals surface area contributed by atoms with Gasteiger partial charge in [0.2, 0.25) is 0 Å². The maximum absolute atomic E-state index is 15.0. The molecule has 0 amide bonds. The lowest BCUT2D eigenvalue weighted by Crippen LogP contribution is -2.35. The first-order chi connectivity index (χ1) is 22.7. The zero-order chi connectivity index (χ0) is 32.5. The first kappa shape index (κ1) is 31.4. The van der Waals surface area contributed by atoms with Gasteiger partial charge < -0.3 is 20.3 Å². The van der Waals surface area contributed by atoms with Crippen LogP contribution in [0.15, 0.2) is 49.2 Å². The molecule has 4 aromatic heterocycles. The molecule has 2 aliphatic carbocycles. The number of piperidine rings is 1. The molecule has 15 heteroatoms. The fourth-order valence-corrected chi connectivity index (χ4v) is 7.44. The van der Waals surface area contributed by atoms with Gasteiger partial charge in [-0.1, -0.05) is 0 Å². The second-order valence-corrected chi connectivity index (χ2v) is 14.6. The van der Waals surface area contributed by atoms with Gasteiger partial charge >= 0.3 is 0 Å². The molecule has 0 aromatic carbocycles. The van der Waals surface area contributed by atoms with Crippen LogP contribution in [0.4, 0.5) is 26.1 Å². The topological polar surface area (TPSA) is 140 Å². The normalized spacial score (nSPS) is 21.0. The van der Waals surface area contributed by atoms with E-state index in [1.807, 2.05) is 12.1 Å². The molecular formula is C32H37F2N9O3S. The minimum absolute atomic E-state index is 0.0499. The summed E-state index contributed by atoms with van der Waals surface area (Å²) in [6, 6.07) is 5.59. The summed E-state index contributed by atoms with van der Waals surface area (Å²) in [6.07, 6.45) is 11.9. The van der Waals surface area contributed by atoms with Crippen molar-refractivity contribution >= 4 is 27.3 Å². The predicted molar refractivity (Wildman–Crippen MR) is 173 cm³/mol. The monoisotopic (exact) mass is 665 g/mol. The number of nitrogens with zero attached hydrogens (tertiary/aromatic N) is 7. The maximum Gasteiger partial charge on any atom is 0.256 e. The summed E-state index contributed by atoms with van der Waals surface area (Å²) in [7, 11) is -1.46. The molecule has 2 N–H and O–H groups in total. The number of rotatable bonds is 10. The van der Waals surface area contributed by atoms with Crippen molar-refractivity contribution in [2.45, 2.75) is 74.9 Å². The minimum atomic E-state index is -3.57. The van der Waals surface area contributed by atoms with Crippen molar-refractivity contribution in [3.05, 3.63) is 55.0 Å². The van der Waals surface area contributed by atoms with E-state index in [-0.39, 0.29) is 23.8 Å². The third-order valence-corrected chi connectivity index (χ3v) is 11.0. The van der Waals surface area contributed by atoms with E-state index in [4.69, 9.17) is 4.74 Å². The zero-order valence-electron chi connectivity index (χ0n) is 26.0. The van der Waals surface area contributed by atoms with Crippen molar-refractivity contribution in [1.82, 2.24) is 34.0 Å². The van der Waals surface area contributed by atoms with Crippen molar-refractivity contribution in [2.75, 3.05) is 30.8 Å². The number of ether oxygens (including phenoxy) is 1. The summed E-state index contributed by atoms with van der Waals surface area (Å²) in [4.78, 5) is 19.9. The summed E-state index contributed by atoms with van der Waals surface area (Å²) in [5.74, 6) is 0.279. The van der Waals surface area contributed by atoms with E-state index in [0.29, 0.717) is 67.0 Å². The van der Waals surface area contributed by atoms with Gasteiger partial charge in [-0.25, -0.2) is 32.2 Å². The molecule has 0 bridgehead atoms. The fourth-order valence-electron chi connectivity index (χ4n) is 5.96. The molecule has 5 heterocycles. The Bertz CT molecular complexity index is 1820. The SMILES string of the molecule is CN1CCC(Oc2ccc(-c3cnc(Nc4nc(-c5cnn(S(=O)(=O)C6CC6)c5)ncc4F)cc3NC3CCC(F)CC3)nc2)CC1. The van der Waals surface area contributed by atoms with Crippen LogP contribution in [0.1, 0.15) is 51.4 Å². The molecular weight excluding hydrogens is 628 g/mol. The number of halogens is 2. The van der Waals surface area contributed by atoms with Gasteiger partial charge in [0.1, 0.15) is 23.8 Å². The second-order valence-electron chi connectivity index (χ2n) is 12.6. The molecule has 47 heavy (non-hydrogen) atoms. The van der Waals surface area contributed by atoms with Gasteiger partial charge in [-0.3, -0.25) is 4.98 Å². The summed E-state index contributed by atoms with van der Waals surface area (Å²) >= 11 is 0. The quantitative estimate of drug-likeness (QED) is 0.231. The van der Waals surface area contributed by atoms with Crippen LogP contribution in [0.5, 0.6) is 5.75 Å². The lowest BCUT2D eigenvalue weighted by atomic mass is 9.93. The number of anilines is 3. The number of likely N-dealkylation sites (tertiary alicyclic amines) is 1. The molecule has 0 radical (unpaired) electrons. The molecule has 0 atom stereocenters. The van der Waals surface area contributed by atoms with Gasteiger partial charge in [0, 0.05) is 42.6 Å². The van der Waals surface area contributed by atoms with Crippen molar-refractivity contribution in [3.8, 4) is 28.4 Å². The van der Waals surface area contributed by atoms with Gasteiger partial charge in [-0.15, -0.1) is 0 Å². The van der Waals surface area contributed by atoms with Crippen LogP contribution < -0.4 is 15.4 Å². The highest BCUT2D eigenvalue weighted by Crippen LogP contribution is 2.34. The molecule has 3 fully saturated rings. The largest absolute Gasteiger partial charge is 0.489 e.